The molecule has 1 amide bonds. The van der Waals surface area contributed by atoms with Crippen LogP contribution in [-0.2, 0) is 4.79 Å². The SMILES string of the molecule is O=C1Nc2ccc(Br)cc2C2CC12. The van der Waals surface area contributed by atoms with E-state index in [0.29, 0.717) is 5.92 Å². The number of carbonyl (C=O) groups excluding carboxylic acids is 1. The van der Waals surface area contributed by atoms with Crippen molar-refractivity contribution in [3.63, 3.8) is 0 Å². The van der Waals surface area contributed by atoms with Gasteiger partial charge in [0.2, 0.25) is 5.91 Å². The second-order valence-corrected chi connectivity index (χ2v) is 4.59. The summed E-state index contributed by atoms with van der Waals surface area (Å²) < 4.78 is 1.09. The van der Waals surface area contributed by atoms with Crippen LogP contribution >= 0.6 is 15.9 Å². The fourth-order valence-corrected chi connectivity index (χ4v) is 2.39. The van der Waals surface area contributed by atoms with Gasteiger partial charge in [-0.25, -0.2) is 0 Å². The third kappa shape index (κ3) is 1.03. The normalized spacial score (nSPS) is 28.8. The third-order valence-corrected chi connectivity index (χ3v) is 3.29. The lowest BCUT2D eigenvalue weighted by Crippen LogP contribution is -2.19. The maximum atomic E-state index is 11.4. The molecule has 1 aromatic rings. The molecule has 0 spiro atoms. The first-order valence-corrected chi connectivity index (χ1v) is 5.15. The van der Waals surface area contributed by atoms with Gasteiger partial charge < -0.3 is 5.32 Å². The van der Waals surface area contributed by atoms with Crippen molar-refractivity contribution in [2.45, 2.75) is 12.3 Å². The van der Waals surface area contributed by atoms with Crippen LogP contribution in [0.25, 0.3) is 0 Å². The average molecular weight is 238 g/mol. The summed E-state index contributed by atoms with van der Waals surface area (Å²) in [6.45, 7) is 0. The molecule has 2 unspecified atom stereocenters. The highest BCUT2D eigenvalue weighted by molar-refractivity contribution is 9.10. The van der Waals surface area contributed by atoms with Crippen molar-refractivity contribution < 1.29 is 4.79 Å². The van der Waals surface area contributed by atoms with E-state index in [9.17, 15) is 4.79 Å². The maximum Gasteiger partial charge on any atom is 0.228 e. The largest absolute Gasteiger partial charge is 0.326 e. The molecule has 3 heteroatoms. The van der Waals surface area contributed by atoms with E-state index >= 15 is 0 Å². The minimum Gasteiger partial charge on any atom is -0.326 e. The Labute approximate surface area is 84.5 Å². The number of anilines is 1. The first-order valence-electron chi connectivity index (χ1n) is 4.36. The van der Waals surface area contributed by atoms with Crippen LogP contribution in [0.15, 0.2) is 22.7 Å². The standard InChI is InChI=1S/C10H8BrNO/c11-5-1-2-9-7(3-5)6-4-8(6)10(13)12-9/h1-3,6,8H,4H2,(H,12,13). The molecule has 66 valence electrons. The molecule has 1 aliphatic carbocycles. The van der Waals surface area contributed by atoms with Crippen LogP contribution in [0.1, 0.15) is 17.9 Å². The van der Waals surface area contributed by atoms with E-state index in [-0.39, 0.29) is 11.8 Å². The number of fused-ring (bicyclic) bond motifs is 3. The van der Waals surface area contributed by atoms with E-state index in [0.717, 1.165) is 16.6 Å². The van der Waals surface area contributed by atoms with Gasteiger partial charge >= 0.3 is 0 Å². The number of halogens is 1. The van der Waals surface area contributed by atoms with Crippen molar-refractivity contribution in [1.29, 1.82) is 0 Å². The summed E-state index contributed by atoms with van der Waals surface area (Å²) in [6, 6.07) is 6.03. The molecule has 0 radical (unpaired) electrons. The van der Waals surface area contributed by atoms with Gasteiger partial charge in [-0.1, -0.05) is 15.9 Å². The predicted octanol–water partition coefficient (Wildman–Crippen LogP) is 2.50. The quantitative estimate of drug-likeness (QED) is 0.739. The molecule has 0 aromatic heterocycles. The minimum absolute atomic E-state index is 0.194. The number of benzene rings is 1. The van der Waals surface area contributed by atoms with Crippen LogP contribution in [0.2, 0.25) is 0 Å². The fourth-order valence-electron chi connectivity index (χ4n) is 2.01. The Kier molecular flexibility index (Phi) is 1.37. The lowest BCUT2D eigenvalue weighted by atomic mass is 10.0. The number of carbonyl (C=O) groups is 1. The van der Waals surface area contributed by atoms with Crippen LogP contribution in [0.3, 0.4) is 0 Å². The Balaban J connectivity index is 2.15. The molecule has 1 aliphatic heterocycles. The molecule has 1 saturated carbocycles. The maximum absolute atomic E-state index is 11.4. The first-order chi connectivity index (χ1) is 6.25. The van der Waals surface area contributed by atoms with E-state index in [4.69, 9.17) is 0 Å². The predicted molar refractivity (Wildman–Crippen MR) is 53.6 cm³/mol. The van der Waals surface area contributed by atoms with E-state index in [1.807, 2.05) is 12.1 Å². The minimum atomic E-state index is 0.194. The molecule has 1 fully saturated rings. The zero-order valence-electron chi connectivity index (χ0n) is 6.88. The highest BCUT2D eigenvalue weighted by atomic mass is 79.9. The van der Waals surface area contributed by atoms with Gasteiger partial charge in [0.25, 0.3) is 0 Å². The second kappa shape index (κ2) is 2.35. The Morgan fingerprint density at radius 1 is 1.38 bits per heavy atom. The molecule has 3 rings (SSSR count). The second-order valence-electron chi connectivity index (χ2n) is 3.67. The zero-order chi connectivity index (χ0) is 9.00. The van der Waals surface area contributed by atoms with Crippen LogP contribution < -0.4 is 5.32 Å². The smallest absolute Gasteiger partial charge is 0.228 e. The van der Waals surface area contributed by atoms with Crippen molar-refractivity contribution in [2.24, 2.45) is 5.92 Å². The molecular formula is C10H8BrNO. The van der Waals surface area contributed by atoms with Gasteiger partial charge in [0, 0.05) is 16.1 Å². The Morgan fingerprint density at radius 2 is 2.23 bits per heavy atom. The number of hydrogen-bond acceptors (Lipinski definition) is 1. The number of nitrogens with one attached hydrogen (secondary N) is 1. The topological polar surface area (TPSA) is 29.1 Å². The van der Waals surface area contributed by atoms with Gasteiger partial charge in [-0.2, -0.15) is 0 Å². The van der Waals surface area contributed by atoms with Gasteiger partial charge in [-0.3, -0.25) is 4.79 Å². The van der Waals surface area contributed by atoms with E-state index < -0.39 is 0 Å². The van der Waals surface area contributed by atoms with Gasteiger partial charge in [-0.15, -0.1) is 0 Å². The molecule has 1 aromatic carbocycles. The van der Waals surface area contributed by atoms with E-state index in [1.165, 1.54) is 5.56 Å². The molecule has 2 nitrogen and oxygen atoms in total. The van der Waals surface area contributed by atoms with Crippen molar-refractivity contribution in [2.75, 3.05) is 5.32 Å². The highest BCUT2D eigenvalue weighted by Gasteiger charge is 2.48. The van der Waals surface area contributed by atoms with Crippen LogP contribution in [-0.4, -0.2) is 5.91 Å². The van der Waals surface area contributed by atoms with E-state index in [1.54, 1.807) is 0 Å². The molecule has 13 heavy (non-hydrogen) atoms. The average Bonchev–Trinajstić information content (AvgIpc) is 2.86. The molecule has 1 N–H and O–H groups in total. The van der Waals surface area contributed by atoms with Crippen molar-refractivity contribution in [3.8, 4) is 0 Å². The van der Waals surface area contributed by atoms with Gasteiger partial charge in [0.1, 0.15) is 0 Å². The summed E-state index contributed by atoms with van der Waals surface area (Å²) in [4.78, 5) is 11.4. The summed E-state index contributed by atoms with van der Waals surface area (Å²) in [6.07, 6.45) is 1.02. The summed E-state index contributed by atoms with van der Waals surface area (Å²) in [5, 5.41) is 2.92. The third-order valence-electron chi connectivity index (χ3n) is 2.80. The van der Waals surface area contributed by atoms with Crippen molar-refractivity contribution in [1.82, 2.24) is 0 Å². The summed E-state index contributed by atoms with van der Waals surface area (Å²) >= 11 is 3.44. The Hall–Kier alpha value is -0.830. The molecule has 0 bridgehead atoms. The molecule has 2 atom stereocenters. The number of rotatable bonds is 0. The first kappa shape index (κ1) is 7.56. The zero-order valence-corrected chi connectivity index (χ0v) is 8.47. The van der Waals surface area contributed by atoms with Gasteiger partial charge in [-0.05, 0) is 36.1 Å². The molecule has 2 aliphatic rings. The van der Waals surface area contributed by atoms with E-state index in [2.05, 4.69) is 27.3 Å². The van der Waals surface area contributed by atoms with Gasteiger partial charge in [0.05, 0.1) is 0 Å². The number of hydrogen-bond donors (Lipinski definition) is 1. The lowest BCUT2D eigenvalue weighted by Gasteiger charge is -2.15. The molecule has 1 heterocycles. The van der Waals surface area contributed by atoms with Crippen molar-refractivity contribution in [3.05, 3.63) is 28.2 Å². The highest BCUT2D eigenvalue weighted by Crippen LogP contribution is 2.53. The monoisotopic (exact) mass is 237 g/mol. The summed E-state index contributed by atoms with van der Waals surface area (Å²) in [5.74, 6) is 0.933. The van der Waals surface area contributed by atoms with Crippen LogP contribution in [0, 0.1) is 5.92 Å². The lowest BCUT2D eigenvalue weighted by molar-refractivity contribution is -0.117. The summed E-state index contributed by atoms with van der Waals surface area (Å²) in [7, 11) is 0. The van der Waals surface area contributed by atoms with Gasteiger partial charge in [0.15, 0.2) is 0 Å². The Morgan fingerprint density at radius 3 is 3.08 bits per heavy atom. The fraction of sp³-hybridized carbons (Fsp3) is 0.300. The molecule has 0 saturated heterocycles. The Bertz CT molecular complexity index is 402. The summed E-state index contributed by atoms with van der Waals surface area (Å²) in [5.41, 5.74) is 2.28. The molecular weight excluding hydrogens is 230 g/mol. The number of amides is 1. The van der Waals surface area contributed by atoms with Crippen molar-refractivity contribution >= 4 is 27.5 Å². The van der Waals surface area contributed by atoms with Crippen LogP contribution in [0.4, 0.5) is 5.69 Å². The van der Waals surface area contributed by atoms with Crippen LogP contribution in [0.5, 0.6) is 0 Å².